The zero-order chi connectivity index (χ0) is 16.9. The Morgan fingerprint density at radius 2 is 1.71 bits per heavy atom. The second-order valence-electron chi connectivity index (χ2n) is 4.90. The molecule has 6 nitrogen and oxygen atoms in total. The van der Waals surface area contributed by atoms with E-state index in [9.17, 15) is 9.90 Å². The van der Waals surface area contributed by atoms with Crippen LogP contribution in [0.5, 0.6) is 5.75 Å². The predicted molar refractivity (Wildman–Crippen MR) is 92.8 cm³/mol. The van der Waals surface area contributed by atoms with Crippen molar-refractivity contribution in [1.29, 1.82) is 0 Å². The van der Waals surface area contributed by atoms with Crippen molar-refractivity contribution in [3.8, 4) is 5.75 Å². The van der Waals surface area contributed by atoms with Crippen LogP contribution in [0.3, 0.4) is 0 Å². The van der Waals surface area contributed by atoms with Crippen molar-refractivity contribution >= 4 is 34.8 Å². The van der Waals surface area contributed by atoms with Crippen LogP contribution in [0.2, 0.25) is 5.02 Å². The molecule has 3 rings (SSSR count). The Hall–Kier alpha value is -3.12. The average molecular weight is 341 g/mol. The molecule has 0 saturated heterocycles. The van der Waals surface area contributed by atoms with Crippen molar-refractivity contribution < 1.29 is 9.90 Å². The number of rotatable bonds is 4. The van der Waals surface area contributed by atoms with E-state index in [-0.39, 0.29) is 16.3 Å². The van der Waals surface area contributed by atoms with Gasteiger partial charge in [0.15, 0.2) is 0 Å². The van der Waals surface area contributed by atoms with Gasteiger partial charge in [0.1, 0.15) is 5.75 Å². The molecule has 120 valence electrons. The molecule has 1 aromatic heterocycles. The summed E-state index contributed by atoms with van der Waals surface area (Å²) in [6.45, 7) is 0. The lowest BCUT2D eigenvalue weighted by atomic mass is 10.2. The Kier molecular flexibility index (Phi) is 4.58. The molecule has 0 unspecified atom stereocenters. The topological polar surface area (TPSA) is 87.1 Å². The normalized spacial score (nSPS) is 10.2. The van der Waals surface area contributed by atoms with Gasteiger partial charge in [-0.3, -0.25) is 4.79 Å². The van der Waals surface area contributed by atoms with E-state index in [4.69, 9.17) is 11.6 Å². The maximum atomic E-state index is 12.2. The van der Waals surface area contributed by atoms with E-state index in [0.29, 0.717) is 11.6 Å². The van der Waals surface area contributed by atoms with Crippen LogP contribution >= 0.6 is 11.6 Å². The standard InChI is InChI=1S/C17H13ClN4O2/c18-15-7-6-13(23)8-14(15)16(24)21-12-9-19-17(20-10-12)22-11-4-2-1-3-5-11/h1-10,23H,(H,21,24)(H,19,20,22). The van der Waals surface area contributed by atoms with Crippen molar-refractivity contribution in [3.05, 3.63) is 71.5 Å². The van der Waals surface area contributed by atoms with Crippen molar-refractivity contribution in [2.75, 3.05) is 10.6 Å². The predicted octanol–water partition coefficient (Wildman–Crippen LogP) is 3.83. The molecule has 3 aromatic rings. The molecule has 0 spiro atoms. The first-order valence-electron chi connectivity index (χ1n) is 7.06. The van der Waals surface area contributed by atoms with Gasteiger partial charge in [0.25, 0.3) is 5.91 Å². The monoisotopic (exact) mass is 340 g/mol. The molecule has 2 aromatic carbocycles. The first-order valence-corrected chi connectivity index (χ1v) is 7.43. The summed E-state index contributed by atoms with van der Waals surface area (Å²) >= 11 is 5.96. The van der Waals surface area contributed by atoms with Gasteiger partial charge in [0.05, 0.1) is 28.7 Å². The minimum absolute atomic E-state index is 0.0387. The minimum Gasteiger partial charge on any atom is -0.508 e. The Bertz CT molecular complexity index is 854. The van der Waals surface area contributed by atoms with Gasteiger partial charge in [0.2, 0.25) is 5.95 Å². The van der Waals surface area contributed by atoms with Crippen LogP contribution in [-0.2, 0) is 0 Å². The van der Waals surface area contributed by atoms with Crippen LogP contribution in [0.15, 0.2) is 60.9 Å². The Balaban J connectivity index is 1.70. The van der Waals surface area contributed by atoms with Crippen LogP contribution in [-0.4, -0.2) is 21.0 Å². The molecule has 0 atom stereocenters. The van der Waals surface area contributed by atoms with Gasteiger partial charge < -0.3 is 15.7 Å². The lowest BCUT2D eigenvalue weighted by Gasteiger charge is -2.08. The minimum atomic E-state index is -0.455. The number of halogens is 1. The maximum Gasteiger partial charge on any atom is 0.257 e. The maximum absolute atomic E-state index is 12.2. The number of phenolic OH excluding ortho intramolecular Hbond substituents is 1. The van der Waals surface area contributed by atoms with Crippen molar-refractivity contribution in [3.63, 3.8) is 0 Å². The highest BCUT2D eigenvalue weighted by Gasteiger charge is 2.12. The van der Waals surface area contributed by atoms with E-state index in [1.165, 1.54) is 30.6 Å². The van der Waals surface area contributed by atoms with Gasteiger partial charge in [-0.05, 0) is 30.3 Å². The fourth-order valence-electron chi connectivity index (χ4n) is 1.99. The fraction of sp³-hybridized carbons (Fsp3) is 0. The van der Waals surface area contributed by atoms with Crippen molar-refractivity contribution in [2.24, 2.45) is 0 Å². The number of aromatic nitrogens is 2. The second-order valence-corrected chi connectivity index (χ2v) is 5.31. The van der Waals surface area contributed by atoms with E-state index < -0.39 is 5.91 Å². The number of nitrogens with one attached hydrogen (secondary N) is 2. The summed E-state index contributed by atoms with van der Waals surface area (Å²) in [4.78, 5) is 20.5. The number of anilines is 3. The molecule has 0 bridgehead atoms. The summed E-state index contributed by atoms with van der Waals surface area (Å²) in [6, 6.07) is 13.7. The molecule has 0 saturated carbocycles. The van der Waals surface area contributed by atoms with Gasteiger partial charge in [-0.2, -0.15) is 0 Å². The number of nitrogens with zero attached hydrogens (tertiary/aromatic N) is 2. The Morgan fingerprint density at radius 3 is 2.42 bits per heavy atom. The van der Waals surface area contributed by atoms with Crippen LogP contribution in [0.25, 0.3) is 0 Å². The smallest absolute Gasteiger partial charge is 0.257 e. The number of aromatic hydroxyl groups is 1. The third kappa shape index (κ3) is 3.80. The molecule has 7 heteroatoms. The summed E-state index contributed by atoms with van der Waals surface area (Å²) in [6.07, 6.45) is 2.96. The number of hydrogen-bond acceptors (Lipinski definition) is 5. The fourth-order valence-corrected chi connectivity index (χ4v) is 2.20. The summed E-state index contributed by atoms with van der Waals surface area (Å²) in [5.74, 6) is -0.0823. The Labute approximate surface area is 143 Å². The van der Waals surface area contributed by atoms with Crippen LogP contribution < -0.4 is 10.6 Å². The number of carbonyl (C=O) groups excluding carboxylic acids is 1. The van der Waals surface area contributed by atoms with Gasteiger partial charge in [-0.15, -0.1) is 0 Å². The van der Waals surface area contributed by atoms with E-state index in [0.717, 1.165) is 5.69 Å². The summed E-state index contributed by atoms with van der Waals surface area (Å²) in [5.41, 5.74) is 1.45. The van der Waals surface area contributed by atoms with Gasteiger partial charge >= 0.3 is 0 Å². The highest BCUT2D eigenvalue weighted by Crippen LogP contribution is 2.22. The van der Waals surface area contributed by atoms with Crippen LogP contribution in [0.1, 0.15) is 10.4 Å². The number of hydrogen-bond donors (Lipinski definition) is 3. The lowest BCUT2D eigenvalue weighted by molar-refractivity contribution is 0.102. The molecule has 1 amide bonds. The van der Waals surface area contributed by atoms with Crippen molar-refractivity contribution in [1.82, 2.24) is 9.97 Å². The van der Waals surface area contributed by atoms with E-state index >= 15 is 0 Å². The highest BCUT2D eigenvalue weighted by atomic mass is 35.5. The highest BCUT2D eigenvalue weighted by molar-refractivity contribution is 6.34. The molecule has 0 aliphatic rings. The average Bonchev–Trinajstić information content (AvgIpc) is 2.59. The zero-order valence-corrected chi connectivity index (χ0v) is 13.2. The first kappa shape index (κ1) is 15.8. The lowest BCUT2D eigenvalue weighted by Crippen LogP contribution is -2.13. The van der Waals surface area contributed by atoms with Gasteiger partial charge in [0, 0.05) is 5.69 Å². The zero-order valence-electron chi connectivity index (χ0n) is 12.4. The first-order chi connectivity index (χ1) is 11.6. The molecular formula is C17H13ClN4O2. The van der Waals surface area contributed by atoms with E-state index in [1.54, 1.807) is 0 Å². The molecular weight excluding hydrogens is 328 g/mol. The summed E-state index contributed by atoms with van der Waals surface area (Å²) < 4.78 is 0. The Morgan fingerprint density at radius 1 is 1.00 bits per heavy atom. The van der Waals surface area contributed by atoms with Gasteiger partial charge in [-0.25, -0.2) is 9.97 Å². The number of benzene rings is 2. The number of phenols is 1. The summed E-state index contributed by atoms with van der Waals surface area (Å²) in [7, 11) is 0. The van der Waals surface area contributed by atoms with Crippen molar-refractivity contribution in [2.45, 2.75) is 0 Å². The molecule has 0 aliphatic carbocycles. The van der Waals surface area contributed by atoms with E-state index in [1.807, 2.05) is 30.3 Å². The summed E-state index contributed by atoms with van der Waals surface area (Å²) in [5, 5.41) is 15.4. The van der Waals surface area contributed by atoms with E-state index in [2.05, 4.69) is 20.6 Å². The second kappa shape index (κ2) is 6.97. The molecule has 1 heterocycles. The number of amides is 1. The molecule has 24 heavy (non-hydrogen) atoms. The number of para-hydroxylation sites is 1. The number of carbonyl (C=O) groups is 1. The van der Waals surface area contributed by atoms with Crippen LogP contribution in [0.4, 0.5) is 17.3 Å². The molecule has 0 aliphatic heterocycles. The molecule has 3 N–H and O–H groups in total. The largest absolute Gasteiger partial charge is 0.508 e. The van der Waals surface area contributed by atoms with Gasteiger partial charge in [-0.1, -0.05) is 29.8 Å². The third-order valence-corrected chi connectivity index (χ3v) is 3.46. The molecule has 0 radical (unpaired) electrons. The third-order valence-electron chi connectivity index (χ3n) is 3.13. The SMILES string of the molecule is O=C(Nc1cnc(Nc2ccccc2)nc1)c1cc(O)ccc1Cl. The quantitative estimate of drug-likeness (QED) is 0.672. The molecule has 0 fully saturated rings. The van der Waals surface area contributed by atoms with Crippen LogP contribution in [0, 0.1) is 0 Å².